The van der Waals surface area contributed by atoms with Gasteiger partial charge in [-0.15, -0.1) is 0 Å². The normalized spacial score (nSPS) is 29.1. The maximum atomic E-state index is 5.82. The largest absolute Gasteiger partial charge is 0.328 e. The van der Waals surface area contributed by atoms with Crippen molar-refractivity contribution in [1.82, 2.24) is 10.2 Å². The summed E-state index contributed by atoms with van der Waals surface area (Å²) in [6.45, 7) is 4.54. The van der Waals surface area contributed by atoms with Crippen LogP contribution in [0.2, 0.25) is 0 Å². The molecule has 0 radical (unpaired) electrons. The Labute approximate surface area is 81.7 Å². The number of hydrogen-bond acceptors (Lipinski definition) is 3. The number of hydrogen-bond donors (Lipinski definition) is 2. The van der Waals surface area contributed by atoms with Crippen LogP contribution < -0.4 is 11.1 Å². The average molecular weight is 185 g/mol. The highest BCUT2D eigenvalue weighted by Gasteiger charge is 2.26. The minimum atomic E-state index is 0.309. The van der Waals surface area contributed by atoms with E-state index in [4.69, 9.17) is 5.73 Å². The Morgan fingerprint density at radius 2 is 2.31 bits per heavy atom. The summed E-state index contributed by atoms with van der Waals surface area (Å²) in [5.74, 6) is 0.793. The molecule has 3 atom stereocenters. The Bertz CT molecular complexity index is 147. The molecule has 0 aliphatic carbocycles. The molecule has 13 heavy (non-hydrogen) atoms. The van der Waals surface area contributed by atoms with Gasteiger partial charge in [0.25, 0.3) is 0 Å². The van der Waals surface area contributed by atoms with Crippen LogP contribution in [0.4, 0.5) is 0 Å². The predicted octanol–water partition coefficient (Wildman–Crippen LogP) is 0.263. The molecule has 78 valence electrons. The van der Waals surface area contributed by atoms with E-state index in [0.29, 0.717) is 12.1 Å². The molecule has 0 amide bonds. The standard InChI is InChI=1S/C10H23N3/c1-8(11)6-10(12-2)9-4-5-13(3)7-9/h8-10,12H,4-7,11H2,1-3H3. The lowest BCUT2D eigenvalue weighted by Crippen LogP contribution is -2.39. The third-order valence-corrected chi connectivity index (χ3v) is 2.99. The summed E-state index contributed by atoms with van der Waals surface area (Å²) < 4.78 is 0. The van der Waals surface area contributed by atoms with Gasteiger partial charge in [-0.25, -0.2) is 0 Å². The summed E-state index contributed by atoms with van der Waals surface area (Å²) in [6, 6.07) is 0.910. The van der Waals surface area contributed by atoms with Crippen LogP contribution >= 0.6 is 0 Å². The third-order valence-electron chi connectivity index (χ3n) is 2.99. The Kier molecular flexibility index (Phi) is 4.16. The summed E-state index contributed by atoms with van der Waals surface area (Å²) in [7, 11) is 4.24. The molecule has 3 N–H and O–H groups in total. The smallest absolute Gasteiger partial charge is 0.0120 e. The van der Waals surface area contributed by atoms with E-state index in [2.05, 4.69) is 24.2 Å². The Balaban J connectivity index is 2.37. The molecule has 3 unspecified atom stereocenters. The van der Waals surface area contributed by atoms with Crippen LogP contribution in [0, 0.1) is 5.92 Å². The van der Waals surface area contributed by atoms with Gasteiger partial charge in [0.1, 0.15) is 0 Å². The minimum Gasteiger partial charge on any atom is -0.328 e. The number of rotatable bonds is 4. The molecule has 1 aliphatic heterocycles. The molecular weight excluding hydrogens is 162 g/mol. The van der Waals surface area contributed by atoms with E-state index in [9.17, 15) is 0 Å². The van der Waals surface area contributed by atoms with Gasteiger partial charge in [-0.05, 0) is 46.3 Å². The van der Waals surface area contributed by atoms with Crippen molar-refractivity contribution in [2.45, 2.75) is 31.8 Å². The lowest BCUT2D eigenvalue weighted by molar-refractivity contribution is 0.324. The zero-order valence-electron chi connectivity index (χ0n) is 9.09. The van der Waals surface area contributed by atoms with Crippen molar-refractivity contribution in [2.75, 3.05) is 27.2 Å². The molecule has 1 fully saturated rings. The highest BCUT2D eigenvalue weighted by atomic mass is 15.1. The summed E-state index contributed by atoms with van der Waals surface area (Å²) in [5, 5.41) is 3.39. The zero-order chi connectivity index (χ0) is 9.84. The van der Waals surface area contributed by atoms with Crippen molar-refractivity contribution in [1.29, 1.82) is 0 Å². The minimum absolute atomic E-state index is 0.309. The van der Waals surface area contributed by atoms with Gasteiger partial charge in [-0.3, -0.25) is 0 Å². The van der Waals surface area contributed by atoms with E-state index in [-0.39, 0.29) is 0 Å². The first-order valence-electron chi connectivity index (χ1n) is 5.25. The van der Waals surface area contributed by atoms with Crippen LogP contribution in [-0.2, 0) is 0 Å². The summed E-state index contributed by atoms with van der Waals surface area (Å²) >= 11 is 0. The van der Waals surface area contributed by atoms with Crippen LogP contribution in [0.25, 0.3) is 0 Å². The van der Waals surface area contributed by atoms with Crippen LogP contribution in [0.1, 0.15) is 19.8 Å². The van der Waals surface area contributed by atoms with E-state index in [1.54, 1.807) is 0 Å². The number of nitrogens with one attached hydrogen (secondary N) is 1. The fourth-order valence-electron chi connectivity index (χ4n) is 2.24. The van der Waals surface area contributed by atoms with Gasteiger partial charge in [-0.1, -0.05) is 0 Å². The van der Waals surface area contributed by atoms with E-state index >= 15 is 0 Å². The molecule has 1 aliphatic rings. The van der Waals surface area contributed by atoms with E-state index < -0.39 is 0 Å². The Hall–Kier alpha value is -0.120. The third kappa shape index (κ3) is 3.25. The second-order valence-corrected chi connectivity index (χ2v) is 4.42. The van der Waals surface area contributed by atoms with E-state index in [0.717, 1.165) is 12.3 Å². The first-order chi connectivity index (χ1) is 6.13. The van der Waals surface area contributed by atoms with Gasteiger partial charge in [-0.2, -0.15) is 0 Å². The Morgan fingerprint density at radius 3 is 2.69 bits per heavy atom. The fraction of sp³-hybridized carbons (Fsp3) is 1.00. The maximum Gasteiger partial charge on any atom is 0.0120 e. The van der Waals surface area contributed by atoms with Gasteiger partial charge >= 0.3 is 0 Å². The molecule has 1 saturated heterocycles. The van der Waals surface area contributed by atoms with Crippen LogP contribution in [0.5, 0.6) is 0 Å². The quantitative estimate of drug-likeness (QED) is 0.660. The molecule has 0 aromatic carbocycles. The van der Waals surface area contributed by atoms with Crippen LogP contribution in [0.15, 0.2) is 0 Å². The van der Waals surface area contributed by atoms with Crippen LogP contribution in [0.3, 0.4) is 0 Å². The van der Waals surface area contributed by atoms with E-state index in [1.807, 2.05) is 7.05 Å². The van der Waals surface area contributed by atoms with Crippen molar-refractivity contribution in [3.05, 3.63) is 0 Å². The molecule has 0 spiro atoms. The SMILES string of the molecule is CNC(CC(C)N)C1CCN(C)C1. The van der Waals surface area contributed by atoms with Crippen molar-refractivity contribution in [3.63, 3.8) is 0 Å². The summed E-state index contributed by atoms with van der Waals surface area (Å²) in [5.41, 5.74) is 5.82. The monoisotopic (exact) mass is 185 g/mol. The van der Waals surface area contributed by atoms with E-state index in [1.165, 1.54) is 19.5 Å². The zero-order valence-corrected chi connectivity index (χ0v) is 9.09. The average Bonchev–Trinajstić information content (AvgIpc) is 2.47. The highest BCUT2D eigenvalue weighted by Crippen LogP contribution is 2.20. The molecule has 0 bridgehead atoms. The molecule has 3 heteroatoms. The molecule has 0 aromatic heterocycles. The number of nitrogens with two attached hydrogens (primary N) is 1. The number of nitrogens with zero attached hydrogens (tertiary/aromatic N) is 1. The molecule has 0 saturated carbocycles. The summed E-state index contributed by atoms with van der Waals surface area (Å²) in [6.07, 6.45) is 2.41. The Morgan fingerprint density at radius 1 is 1.62 bits per heavy atom. The lowest BCUT2D eigenvalue weighted by atomic mass is 9.94. The van der Waals surface area contributed by atoms with Crippen molar-refractivity contribution < 1.29 is 0 Å². The molecular formula is C10H23N3. The van der Waals surface area contributed by atoms with Crippen molar-refractivity contribution in [3.8, 4) is 0 Å². The first-order valence-corrected chi connectivity index (χ1v) is 5.25. The van der Waals surface area contributed by atoms with Gasteiger partial charge in [0.2, 0.25) is 0 Å². The molecule has 3 nitrogen and oxygen atoms in total. The van der Waals surface area contributed by atoms with Gasteiger partial charge in [0.05, 0.1) is 0 Å². The van der Waals surface area contributed by atoms with Gasteiger partial charge < -0.3 is 16.0 Å². The highest BCUT2D eigenvalue weighted by molar-refractivity contribution is 4.84. The second-order valence-electron chi connectivity index (χ2n) is 4.42. The van der Waals surface area contributed by atoms with Crippen molar-refractivity contribution in [2.24, 2.45) is 11.7 Å². The second kappa shape index (κ2) is 4.94. The van der Waals surface area contributed by atoms with Gasteiger partial charge in [0, 0.05) is 18.6 Å². The van der Waals surface area contributed by atoms with Crippen molar-refractivity contribution >= 4 is 0 Å². The topological polar surface area (TPSA) is 41.3 Å². The fourth-order valence-corrected chi connectivity index (χ4v) is 2.24. The first kappa shape index (κ1) is 11.0. The predicted molar refractivity (Wildman–Crippen MR) is 56.7 cm³/mol. The number of likely N-dealkylation sites (tertiary alicyclic amines) is 1. The molecule has 0 aromatic rings. The van der Waals surface area contributed by atoms with Crippen LogP contribution in [-0.4, -0.2) is 44.2 Å². The lowest BCUT2D eigenvalue weighted by Gasteiger charge is -2.24. The van der Waals surface area contributed by atoms with Gasteiger partial charge in [0.15, 0.2) is 0 Å². The maximum absolute atomic E-state index is 5.82. The molecule has 1 rings (SSSR count). The molecule has 1 heterocycles. The summed E-state index contributed by atoms with van der Waals surface area (Å²) in [4.78, 5) is 2.40.